The van der Waals surface area contributed by atoms with E-state index in [9.17, 15) is 4.79 Å². The fourth-order valence-corrected chi connectivity index (χ4v) is 3.44. The van der Waals surface area contributed by atoms with E-state index in [2.05, 4.69) is 15.4 Å². The van der Waals surface area contributed by atoms with Gasteiger partial charge in [0.1, 0.15) is 12.4 Å². The first kappa shape index (κ1) is 24.3. The van der Waals surface area contributed by atoms with Gasteiger partial charge in [-0.1, -0.05) is 35.9 Å². The van der Waals surface area contributed by atoms with Gasteiger partial charge in [-0.25, -0.2) is 4.68 Å². The van der Waals surface area contributed by atoms with Crippen LogP contribution in [0.1, 0.15) is 5.56 Å². The summed E-state index contributed by atoms with van der Waals surface area (Å²) in [4.78, 5) is 16.9. The van der Waals surface area contributed by atoms with Gasteiger partial charge < -0.3 is 19.5 Å². The molecule has 1 amide bonds. The minimum absolute atomic E-state index is 0.119. The summed E-state index contributed by atoms with van der Waals surface area (Å²) in [5.41, 5.74) is 3.41. The summed E-state index contributed by atoms with van der Waals surface area (Å²) >= 11 is 5.86. The molecule has 1 heterocycles. The van der Waals surface area contributed by atoms with E-state index in [1.165, 1.54) is 0 Å². The van der Waals surface area contributed by atoms with Crippen molar-refractivity contribution in [2.45, 2.75) is 6.92 Å². The molecule has 9 heteroatoms. The zero-order chi connectivity index (χ0) is 24.6. The Labute approximate surface area is 208 Å². The molecule has 0 unspecified atom stereocenters. The van der Waals surface area contributed by atoms with Crippen molar-refractivity contribution in [1.29, 1.82) is 0 Å². The number of halogens is 1. The second-order valence-electron chi connectivity index (χ2n) is 7.62. The van der Waals surface area contributed by atoms with E-state index in [-0.39, 0.29) is 18.5 Å². The number of benzene rings is 3. The third-order valence-corrected chi connectivity index (χ3v) is 5.32. The van der Waals surface area contributed by atoms with Crippen LogP contribution in [0.3, 0.4) is 0 Å². The molecule has 0 aliphatic carbocycles. The first-order valence-corrected chi connectivity index (χ1v) is 11.3. The number of aromatic nitrogens is 3. The van der Waals surface area contributed by atoms with Crippen LogP contribution in [-0.4, -0.2) is 47.6 Å². The molecule has 0 bridgehead atoms. The van der Waals surface area contributed by atoms with Crippen molar-refractivity contribution in [3.05, 3.63) is 83.4 Å². The van der Waals surface area contributed by atoms with Crippen LogP contribution in [-0.2, 0) is 9.53 Å². The van der Waals surface area contributed by atoms with E-state index >= 15 is 0 Å². The van der Waals surface area contributed by atoms with Gasteiger partial charge in [-0.05, 0) is 61.0 Å². The zero-order valence-electron chi connectivity index (χ0n) is 19.4. The molecule has 0 spiro atoms. The normalized spacial score (nSPS) is 10.7. The van der Waals surface area contributed by atoms with Gasteiger partial charge in [0.15, 0.2) is 12.4 Å². The molecular weight excluding hydrogens is 468 g/mol. The molecule has 35 heavy (non-hydrogen) atoms. The van der Waals surface area contributed by atoms with Crippen LogP contribution < -0.4 is 14.8 Å². The highest BCUT2D eigenvalue weighted by molar-refractivity contribution is 6.30. The van der Waals surface area contributed by atoms with Crippen LogP contribution in [0.2, 0.25) is 5.02 Å². The topological polar surface area (TPSA) is 87.5 Å². The number of methoxy groups -OCH3 is 1. The average molecular weight is 493 g/mol. The van der Waals surface area contributed by atoms with E-state index in [0.717, 1.165) is 16.8 Å². The van der Waals surface area contributed by atoms with Crippen molar-refractivity contribution >= 4 is 23.2 Å². The van der Waals surface area contributed by atoms with Gasteiger partial charge in [-0.3, -0.25) is 4.79 Å². The smallest absolute Gasteiger partial charge is 0.336 e. The molecule has 3 aromatic carbocycles. The molecule has 1 N–H and O–H groups in total. The van der Waals surface area contributed by atoms with Crippen LogP contribution in [0.25, 0.3) is 17.1 Å². The molecule has 0 fully saturated rings. The number of nitrogens with one attached hydrogen (secondary N) is 1. The van der Waals surface area contributed by atoms with Gasteiger partial charge >= 0.3 is 6.01 Å². The number of ether oxygens (including phenoxy) is 3. The van der Waals surface area contributed by atoms with Gasteiger partial charge in [-0.15, -0.1) is 5.10 Å². The summed E-state index contributed by atoms with van der Waals surface area (Å²) < 4.78 is 17.9. The third kappa shape index (κ3) is 6.38. The van der Waals surface area contributed by atoms with Gasteiger partial charge in [-0.2, -0.15) is 4.98 Å². The predicted octanol–water partition coefficient (Wildman–Crippen LogP) is 4.94. The molecule has 4 aromatic rings. The van der Waals surface area contributed by atoms with Crippen molar-refractivity contribution in [3.63, 3.8) is 0 Å². The maximum atomic E-state index is 12.3. The second-order valence-corrected chi connectivity index (χ2v) is 8.06. The number of anilines is 1. The minimum Gasteiger partial charge on any atom is -0.484 e. The Morgan fingerprint density at radius 1 is 0.971 bits per heavy atom. The highest BCUT2D eigenvalue weighted by atomic mass is 35.5. The monoisotopic (exact) mass is 492 g/mol. The summed E-state index contributed by atoms with van der Waals surface area (Å²) in [7, 11) is 1.61. The lowest BCUT2D eigenvalue weighted by Gasteiger charge is -2.10. The van der Waals surface area contributed by atoms with Crippen LogP contribution in [0.5, 0.6) is 11.8 Å². The van der Waals surface area contributed by atoms with Crippen molar-refractivity contribution in [2.75, 3.05) is 32.2 Å². The first-order valence-electron chi connectivity index (χ1n) is 11.0. The zero-order valence-corrected chi connectivity index (χ0v) is 20.2. The molecule has 180 valence electrons. The maximum Gasteiger partial charge on any atom is 0.336 e. The lowest BCUT2D eigenvalue weighted by molar-refractivity contribution is -0.118. The molecule has 1 aromatic heterocycles. The molecule has 0 radical (unpaired) electrons. The van der Waals surface area contributed by atoms with Crippen molar-refractivity contribution in [3.8, 4) is 28.8 Å². The lowest BCUT2D eigenvalue weighted by atomic mass is 10.1. The predicted molar refractivity (Wildman–Crippen MR) is 134 cm³/mol. The minimum atomic E-state index is -0.275. The van der Waals surface area contributed by atoms with Gasteiger partial charge in [0, 0.05) is 23.4 Å². The first-order chi connectivity index (χ1) is 17.0. The molecule has 0 atom stereocenters. The number of carbonyl (C=O) groups excluding carboxylic acids is 1. The standard InChI is InChI=1S/C26H25ClN4O4/c1-18-5-3-4-6-23(18)25-29-26(34-16-15-33-2)30-31(25)21-11-9-20(10-12-21)28-24(32)17-35-22-13-7-19(27)8-14-22/h3-14H,15-17H2,1-2H3,(H,28,32). The summed E-state index contributed by atoms with van der Waals surface area (Å²) in [5.74, 6) is 0.949. The van der Waals surface area contributed by atoms with E-state index in [4.69, 9.17) is 25.8 Å². The van der Waals surface area contributed by atoms with Crippen molar-refractivity contribution in [1.82, 2.24) is 14.8 Å². The molecule has 4 rings (SSSR count). The van der Waals surface area contributed by atoms with Gasteiger partial charge in [0.05, 0.1) is 12.3 Å². The maximum absolute atomic E-state index is 12.3. The SMILES string of the molecule is COCCOc1nc(-c2ccccc2C)n(-c2ccc(NC(=O)COc3ccc(Cl)cc3)cc2)n1. The second kappa shape index (κ2) is 11.5. The third-order valence-electron chi connectivity index (χ3n) is 5.07. The number of carbonyl (C=O) groups is 1. The van der Waals surface area contributed by atoms with Crippen LogP contribution in [0, 0.1) is 6.92 Å². The van der Waals surface area contributed by atoms with Crippen LogP contribution in [0.15, 0.2) is 72.8 Å². The number of nitrogens with zero attached hydrogens (tertiary/aromatic N) is 3. The molecule has 0 aliphatic rings. The van der Waals surface area contributed by atoms with E-state index in [1.54, 1.807) is 48.2 Å². The Morgan fingerprint density at radius 3 is 2.43 bits per heavy atom. The van der Waals surface area contributed by atoms with Crippen LogP contribution in [0.4, 0.5) is 5.69 Å². The highest BCUT2D eigenvalue weighted by Gasteiger charge is 2.16. The van der Waals surface area contributed by atoms with Crippen molar-refractivity contribution in [2.24, 2.45) is 0 Å². The highest BCUT2D eigenvalue weighted by Crippen LogP contribution is 2.27. The Morgan fingerprint density at radius 2 is 1.71 bits per heavy atom. The lowest BCUT2D eigenvalue weighted by Crippen LogP contribution is -2.20. The van der Waals surface area contributed by atoms with E-state index in [0.29, 0.717) is 35.5 Å². The number of rotatable bonds is 10. The van der Waals surface area contributed by atoms with E-state index in [1.807, 2.05) is 43.3 Å². The molecular formula is C26H25ClN4O4. The fourth-order valence-electron chi connectivity index (χ4n) is 3.31. The molecule has 0 aliphatic heterocycles. The summed E-state index contributed by atoms with van der Waals surface area (Å²) in [6, 6.07) is 22.3. The summed E-state index contributed by atoms with van der Waals surface area (Å²) in [5, 5.41) is 7.97. The largest absolute Gasteiger partial charge is 0.484 e. The Bertz CT molecular complexity index is 1270. The van der Waals surface area contributed by atoms with Crippen molar-refractivity contribution < 1.29 is 19.0 Å². The summed E-state index contributed by atoms with van der Waals surface area (Å²) in [6.07, 6.45) is 0. The number of hydrogen-bond donors (Lipinski definition) is 1. The number of amides is 1. The molecule has 8 nitrogen and oxygen atoms in total. The Hall–Kier alpha value is -3.88. The van der Waals surface area contributed by atoms with Gasteiger partial charge in [0.2, 0.25) is 0 Å². The average Bonchev–Trinajstić information content (AvgIpc) is 3.28. The quantitative estimate of drug-likeness (QED) is 0.315. The Balaban J connectivity index is 1.49. The fraction of sp³-hybridized carbons (Fsp3) is 0.192. The number of hydrogen-bond acceptors (Lipinski definition) is 6. The Kier molecular flexibility index (Phi) is 7.97. The number of aryl methyl sites for hydroxylation is 1. The summed E-state index contributed by atoms with van der Waals surface area (Å²) in [6.45, 7) is 2.68. The van der Waals surface area contributed by atoms with E-state index < -0.39 is 0 Å². The molecule has 0 saturated carbocycles. The van der Waals surface area contributed by atoms with Crippen LogP contribution >= 0.6 is 11.6 Å². The van der Waals surface area contributed by atoms with Gasteiger partial charge in [0.25, 0.3) is 5.91 Å². The molecule has 0 saturated heterocycles.